The Kier molecular flexibility index (Phi) is 6.63. The van der Waals surface area contributed by atoms with Crippen LogP contribution in [0, 0.1) is 17.7 Å². The van der Waals surface area contributed by atoms with E-state index in [1.165, 1.54) is 29.8 Å². The number of nitrogens with zero attached hydrogens (tertiary/aromatic N) is 2. The first-order valence-electron chi connectivity index (χ1n) is 9.44. The molecule has 2 heterocycles. The smallest absolute Gasteiger partial charge is 0.142 e. The highest BCUT2D eigenvalue weighted by molar-refractivity contribution is 7.19. The van der Waals surface area contributed by atoms with Crippen LogP contribution in [0.3, 0.4) is 0 Å². The largest absolute Gasteiger partial charge is 0.487 e. The quantitative estimate of drug-likeness (QED) is 0.385. The van der Waals surface area contributed by atoms with Gasteiger partial charge in [-0.25, -0.2) is 14.4 Å². The van der Waals surface area contributed by atoms with Gasteiger partial charge in [0.25, 0.3) is 0 Å². The molecule has 0 aliphatic heterocycles. The number of ether oxygens (including phenoxy) is 1. The molecular formula is C23H18ClFN4OS. The lowest BCUT2D eigenvalue weighted by Crippen LogP contribution is -2.04. The van der Waals surface area contributed by atoms with E-state index in [4.69, 9.17) is 16.3 Å². The van der Waals surface area contributed by atoms with Gasteiger partial charge in [0.15, 0.2) is 0 Å². The maximum absolute atomic E-state index is 13.3. The highest BCUT2D eigenvalue weighted by atomic mass is 35.5. The summed E-state index contributed by atoms with van der Waals surface area (Å²) in [6.07, 6.45) is 1.52. The maximum Gasteiger partial charge on any atom is 0.142 e. The summed E-state index contributed by atoms with van der Waals surface area (Å²) in [4.78, 5) is 10.5. The zero-order valence-electron chi connectivity index (χ0n) is 16.6. The predicted molar refractivity (Wildman–Crippen MR) is 124 cm³/mol. The zero-order chi connectivity index (χ0) is 21.6. The standard InChI is InChI=1S/C23H18ClFN4OS/c1-26-9-3-6-18-12-19-22(27-14-28-23(19)31-18)29-17-7-8-21(20(24)11-17)30-13-15-4-2-5-16(25)10-15/h2,4-5,7-8,10-12,14,26H,9,13H2,1H3,(H,27,28,29). The van der Waals surface area contributed by atoms with E-state index in [2.05, 4.69) is 32.4 Å². The molecule has 8 heteroatoms. The Morgan fingerprint density at radius 1 is 1.16 bits per heavy atom. The fourth-order valence-corrected chi connectivity index (χ4v) is 3.97. The van der Waals surface area contributed by atoms with Crippen molar-refractivity contribution in [2.45, 2.75) is 6.61 Å². The second-order valence-corrected chi connectivity index (χ2v) is 8.01. The summed E-state index contributed by atoms with van der Waals surface area (Å²) >= 11 is 7.91. The van der Waals surface area contributed by atoms with Crippen LogP contribution in [0.15, 0.2) is 54.9 Å². The fourth-order valence-electron chi connectivity index (χ4n) is 2.86. The predicted octanol–water partition coefficient (Wildman–Crippen LogP) is 5.38. The van der Waals surface area contributed by atoms with Gasteiger partial charge in [0.1, 0.15) is 35.1 Å². The van der Waals surface area contributed by atoms with Gasteiger partial charge in [-0.15, -0.1) is 11.3 Å². The number of fused-ring (bicyclic) bond motifs is 1. The lowest BCUT2D eigenvalue weighted by molar-refractivity contribution is 0.306. The minimum absolute atomic E-state index is 0.225. The number of anilines is 2. The van der Waals surface area contributed by atoms with Crippen LogP contribution in [0.25, 0.3) is 10.2 Å². The van der Waals surface area contributed by atoms with Gasteiger partial charge in [-0.2, -0.15) is 0 Å². The van der Waals surface area contributed by atoms with Crippen LogP contribution < -0.4 is 15.4 Å². The average molecular weight is 453 g/mol. The molecule has 0 atom stereocenters. The SMILES string of the molecule is CNCC#Cc1cc2c(Nc3ccc(OCc4cccc(F)c4)c(Cl)c3)ncnc2s1. The summed E-state index contributed by atoms with van der Waals surface area (Å²) in [5, 5.41) is 7.61. The molecule has 0 radical (unpaired) electrons. The van der Waals surface area contributed by atoms with Crippen LogP contribution in [-0.4, -0.2) is 23.6 Å². The molecule has 5 nitrogen and oxygen atoms in total. The van der Waals surface area contributed by atoms with E-state index in [0.717, 1.165) is 26.3 Å². The van der Waals surface area contributed by atoms with E-state index in [1.807, 2.05) is 19.2 Å². The molecule has 0 bridgehead atoms. The highest BCUT2D eigenvalue weighted by Crippen LogP contribution is 2.32. The summed E-state index contributed by atoms with van der Waals surface area (Å²) < 4.78 is 19.0. The summed E-state index contributed by atoms with van der Waals surface area (Å²) in [6, 6.07) is 13.6. The normalized spacial score (nSPS) is 10.5. The van der Waals surface area contributed by atoms with Crippen molar-refractivity contribution in [2.24, 2.45) is 0 Å². The van der Waals surface area contributed by atoms with Gasteiger partial charge in [-0.1, -0.05) is 35.6 Å². The van der Waals surface area contributed by atoms with Crippen LogP contribution in [0.4, 0.5) is 15.9 Å². The van der Waals surface area contributed by atoms with Crippen molar-refractivity contribution in [3.05, 3.63) is 76.1 Å². The number of hydrogen-bond donors (Lipinski definition) is 2. The Balaban J connectivity index is 1.50. The molecule has 0 saturated carbocycles. The topological polar surface area (TPSA) is 59.1 Å². The van der Waals surface area contributed by atoms with Gasteiger partial charge in [-0.3, -0.25) is 0 Å². The number of nitrogens with one attached hydrogen (secondary N) is 2. The molecule has 2 aromatic carbocycles. The zero-order valence-corrected chi connectivity index (χ0v) is 18.1. The Morgan fingerprint density at radius 2 is 2.06 bits per heavy atom. The Labute approximate surface area is 188 Å². The molecule has 2 N–H and O–H groups in total. The van der Waals surface area contributed by atoms with Crippen molar-refractivity contribution >= 4 is 44.7 Å². The van der Waals surface area contributed by atoms with Gasteiger partial charge in [-0.05, 0) is 49.0 Å². The first-order valence-corrected chi connectivity index (χ1v) is 10.6. The molecule has 0 aliphatic carbocycles. The molecule has 0 aliphatic rings. The Hall–Kier alpha value is -3.18. The summed E-state index contributed by atoms with van der Waals surface area (Å²) in [6.45, 7) is 0.847. The molecule has 156 valence electrons. The van der Waals surface area contributed by atoms with E-state index >= 15 is 0 Å². The number of thiophene rings is 1. The van der Waals surface area contributed by atoms with E-state index in [-0.39, 0.29) is 12.4 Å². The third-order valence-corrected chi connectivity index (χ3v) is 5.54. The lowest BCUT2D eigenvalue weighted by Gasteiger charge is -2.11. The van der Waals surface area contributed by atoms with Crippen LogP contribution in [0.1, 0.15) is 10.4 Å². The van der Waals surface area contributed by atoms with Crippen molar-refractivity contribution in [3.8, 4) is 17.6 Å². The first-order chi connectivity index (χ1) is 15.1. The molecule has 2 aromatic heterocycles. The van der Waals surface area contributed by atoms with E-state index in [9.17, 15) is 4.39 Å². The minimum Gasteiger partial charge on any atom is -0.487 e. The second-order valence-electron chi connectivity index (χ2n) is 6.57. The molecule has 4 aromatic rings. The van der Waals surface area contributed by atoms with Crippen molar-refractivity contribution in [3.63, 3.8) is 0 Å². The van der Waals surface area contributed by atoms with E-state index in [0.29, 0.717) is 23.1 Å². The summed E-state index contributed by atoms with van der Waals surface area (Å²) in [5.74, 6) is 7.06. The van der Waals surface area contributed by atoms with Crippen LogP contribution >= 0.6 is 22.9 Å². The average Bonchev–Trinajstić information content (AvgIpc) is 3.17. The fraction of sp³-hybridized carbons (Fsp3) is 0.130. The van der Waals surface area contributed by atoms with E-state index < -0.39 is 0 Å². The molecule has 0 saturated heterocycles. The molecule has 0 fully saturated rings. The molecule has 31 heavy (non-hydrogen) atoms. The monoisotopic (exact) mass is 452 g/mol. The lowest BCUT2D eigenvalue weighted by atomic mass is 10.2. The molecule has 0 spiro atoms. The number of benzene rings is 2. The number of rotatable bonds is 6. The first kappa shape index (κ1) is 21.1. The Morgan fingerprint density at radius 3 is 2.87 bits per heavy atom. The van der Waals surface area contributed by atoms with Gasteiger partial charge in [0.05, 0.1) is 21.8 Å². The van der Waals surface area contributed by atoms with Crippen molar-refractivity contribution < 1.29 is 9.13 Å². The van der Waals surface area contributed by atoms with Gasteiger partial charge >= 0.3 is 0 Å². The molecular weight excluding hydrogens is 435 g/mol. The van der Waals surface area contributed by atoms with Crippen molar-refractivity contribution in [1.82, 2.24) is 15.3 Å². The van der Waals surface area contributed by atoms with Crippen molar-refractivity contribution in [2.75, 3.05) is 18.9 Å². The van der Waals surface area contributed by atoms with Crippen molar-refractivity contribution in [1.29, 1.82) is 0 Å². The summed E-state index contributed by atoms with van der Waals surface area (Å²) in [7, 11) is 1.86. The third kappa shape index (κ3) is 5.30. The van der Waals surface area contributed by atoms with Crippen LogP contribution in [-0.2, 0) is 6.61 Å². The van der Waals surface area contributed by atoms with Gasteiger partial charge in [0, 0.05) is 5.69 Å². The third-order valence-electron chi connectivity index (χ3n) is 4.28. The highest BCUT2D eigenvalue weighted by Gasteiger charge is 2.10. The molecule has 0 amide bonds. The van der Waals surface area contributed by atoms with Gasteiger partial charge in [0.2, 0.25) is 0 Å². The maximum atomic E-state index is 13.3. The molecule has 0 unspecified atom stereocenters. The second kappa shape index (κ2) is 9.75. The van der Waals surface area contributed by atoms with E-state index in [1.54, 1.807) is 24.3 Å². The summed E-state index contributed by atoms with van der Waals surface area (Å²) in [5.41, 5.74) is 1.49. The number of halogens is 2. The molecule has 4 rings (SSSR count). The Bertz CT molecular complexity index is 1280. The van der Waals surface area contributed by atoms with Crippen LogP contribution in [0.2, 0.25) is 5.02 Å². The number of hydrogen-bond acceptors (Lipinski definition) is 6. The van der Waals surface area contributed by atoms with Gasteiger partial charge < -0.3 is 15.4 Å². The number of aromatic nitrogens is 2. The van der Waals surface area contributed by atoms with Crippen LogP contribution in [0.5, 0.6) is 5.75 Å². The minimum atomic E-state index is -0.299.